The smallest absolute Gasteiger partial charge is 0.372 e. The number of halogens is 1. The number of carboxylic acids is 1. The number of nitrogens with two attached hydrogens (primary N) is 2. The number of fused-ring (bicyclic) bond motifs is 3. The van der Waals surface area contributed by atoms with E-state index in [4.69, 9.17) is 16.6 Å². The Kier molecular flexibility index (Phi) is 7.09. The molecule has 8 nitrogen and oxygen atoms in total. The Morgan fingerprint density at radius 2 is 1.96 bits per heavy atom. The number of rotatable bonds is 3. The second-order valence-corrected chi connectivity index (χ2v) is 7.01. The molecule has 138 valence electrons. The monoisotopic (exact) mass is 388 g/mol. The van der Waals surface area contributed by atoms with Crippen LogP contribution in [0.1, 0.15) is 41.3 Å². The molecular formula is C15H21ClN4O4S. The molecular weight excluding hydrogens is 368 g/mol. The van der Waals surface area contributed by atoms with Gasteiger partial charge in [-0.3, -0.25) is 9.59 Å². The van der Waals surface area contributed by atoms with Gasteiger partial charge in [0, 0.05) is 4.88 Å². The van der Waals surface area contributed by atoms with Gasteiger partial charge in [0.1, 0.15) is 4.83 Å². The Morgan fingerprint density at radius 3 is 2.44 bits per heavy atom. The highest BCUT2D eigenvalue weighted by Crippen LogP contribution is 2.34. The summed E-state index contributed by atoms with van der Waals surface area (Å²) in [6.45, 7) is 3.71. The normalized spacial score (nSPS) is 13.6. The van der Waals surface area contributed by atoms with E-state index in [-0.39, 0.29) is 29.7 Å². The quantitative estimate of drug-likeness (QED) is 0.616. The second-order valence-electron chi connectivity index (χ2n) is 5.93. The molecule has 2 aromatic heterocycles. The molecule has 6 N–H and O–H groups in total. The van der Waals surface area contributed by atoms with Crippen molar-refractivity contribution in [2.45, 2.75) is 39.2 Å². The van der Waals surface area contributed by atoms with Gasteiger partial charge in [0.05, 0.1) is 11.4 Å². The first-order chi connectivity index (χ1) is 11.2. The Bertz CT molecular complexity index is 846. The summed E-state index contributed by atoms with van der Waals surface area (Å²) in [5.74, 6) is -1.77. The van der Waals surface area contributed by atoms with E-state index in [0.29, 0.717) is 10.2 Å². The molecule has 0 radical (unpaired) electrons. The number of aromatic carboxylic acids is 1. The highest BCUT2D eigenvalue weighted by atomic mass is 35.5. The van der Waals surface area contributed by atoms with Crippen molar-refractivity contribution in [3.8, 4) is 0 Å². The second kappa shape index (κ2) is 8.41. The van der Waals surface area contributed by atoms with Crippen LogP contribution in [0.3, 0.4) is 0 Å². The van der Waals surface area contributed by atoms with Gasteiger partial charge >= 0.3 is 5.97 Å². The fraction of sp³-hybridized carbons (Fsp3) is 0.467. The molecule has 1 atom stereocenters. The number of nitrogens with zero attached hydrogens (tertiary/aromatic N) is 1. The first-order valence-electron chi connectivity index (χ1n) is 7.55. The van der Waals surface area contributed by atoms with Crippen molar-refractivity contribution >= 4 is 45.8 Å². The number of hydrogen-bond donors (Lipinski definition) is 4. The van der Waals surface area contributed by atoms with Gasteiger partial charge in [0.15, 0.2) is 0 Å². The summed E-state index contributed by atoms with van der Waals surface area (Å²) < 4.78 is 0. The van der Waals surface area contributed by atoms with Crippen LogP contribution in [0.15, 0.2) is 4.79 Å². The summed E-state index contributed by atoms with van der Waals surface area (Å²) in [5.41, 5.74) is 10.9. The van der Waals surface area contributed by atoms with Crippen molar-refractivity contribution in [2.24, 2.45) is 17.4 Å². The van der Waals surface area contributed by atoms with E-state index in [0.717, 1.165) is 24.8 Å². The molecule has 2 aromatic rings. The first kappa shape index (κ1) is 21.1. The molecule has 0 saturated heterocycles. The number of carboxylic acid groups (broad SMARTS) is 1. The molecule has 3 rings (SSSR count). The largest absolute Gasteiger partial charge is 0.475 e. The van der Waals surface area contributed by atoms with Gasteiger partial charge in [-0.05, 0) is 30.7 Å². The van der Waals surface area contributed by atoms with Crippen LogP contribution in [0.4, 0.5) is 0 Å². The maximum absolute atomic E-state index is 11.8. The number of primary amides is 1. The lowest BCUT2D eigenvalue weighted by atomic mass is 10.1. The molecule has 1 aliphatic carbocycles. The third kappa shape index (κ3) is 4.56. The Morgan fingerprint density at radius 1 is 1.32 bits per heavy atom. The lowest BCUT2D eigenvalue weighted by Crippen LogP contribution is -2.40. The third-order valence-electron chi connectivity index (χ3n) is 3.82. The summed E-state index contributed by atoms with van der Waals surface area (Å²) in [7, 11) is 0. The van der Waals surface area contributed by atoms with Crippen molar-refractivity contribution in [1.29, 1.82) is 0 Å². The summed E-state index contributed by atoms with van der Waals surface area (Å²) >= 11 is 1.44. The number of carbonyl (C=O) groups is 2. The maximum atomic E-state index is 11.8. The van der Waals surface area contributed by atoms with E-state index in [1.807, 2.05) is 13.8 Å². The van der Waals surface area contributed by atoms with Gasteiger partial charge in [0.25, 0.3) is 5.56 Å². The predicted molar refractivity (Wildman–Crippen MR) is 98.5 cm³/mol. The topological polar surface area (TPSA) is 152 Å². The van der Waals surface area contributed by atoms with Gasteiger partial charge in [-0.15, -0.1) is 23.7 Å². The molecule has 0 aliphatic heterocycles. The number of carbonyl (C=O) groups excluding carboxylic acids is 1. The Labute approximate surface area is 154 Å². The summed E-state index contributed by atoms with van der Waals surface area (Å²) in [6.07, 6.45) is 2.93. The van der Waals surface area contributed by atoms with Crippen LogP contribution < -0.4 is 17.0 Å². The number of amides is 1. The number of aromatic nitrogens is 2. The zero-order valence-corrected chi connectivity index (χ0v) is 15.5. The first-order valence-corrected chi connectivity index (χ1v) is 8.36. The summed E-state index contributed by atoms with van der Waals surface area (Å²) in [5, 5.41) is 9.37. The fourth-order valence-corrected chi connectivity index (χ4v) is 3.69. The van der Waals surface area contributed by atoms with Crippen LogP contribution in [-0.2, 0) is 17.6 Å². The number of thiophene rings is 1. The highest BCUT2D eigenvalue weighted by Gasteiger charge is 2.22. The van der Waals surface area contributed by atoms with Gasteiger partial charge in [-0.25, -0.2) is 9.78 Å². The number of nitrogens with one attached hydrogen (secondary N) is 1. The van der Waals surface area contributed by atoms with Crippen molar-refractivity contribution in [3.63, 3.8) is 0 Å². The molecule has 0 fully saturated rings. The Balaban J connectivity index is 0.000000301. The van der Waals surface area contributed by atoms with E-state index >= 15 is 0 Å². The van der Waals surface area contributed by atoms with Crippen LogP contribution in [0.25, 0.3) is 10.2 Å². The minimum atomic E-state index is -1.20. The minimum absolute atomic E-state index is 0. The average molecular weight is 389 g/mol. The van der Waals surface area contributed by atoms with Crippen LogP contribution in [0.2, 0.25) is 0 Å². The van der Waals surface area contributed by atoms with E-state index in [1.54, 1.807) is 0 Å². The number of aryl methyl sites for hydroxylation is 2. The van der Waals surface area contributed by atoms with E-state index in [1.165, 1.54) is 16.2 Å². The van der Waals surface area contributed by atoms with Crippen LogP contribution >= 0.6 is 23.7 Å². The molecule has 0 unspecified atom stereocenters. The Hall–Kier alpha value is -1.97. The standard InChI is InChI=1S/C10H8N2O3S.C5H12N2O.ClH/c13-8-6-4-2-1-3-5(4)16-9(6)12-7(11-8)10(14)15;1-3(2)4(6)5(7)8;/h1-3H2,(H,14,15)(H,11,12,13);3-4H,6H2,1-2H3,(H2,7,8);1H/t;4-;/m.0./s1. The maximum Gasteiger partial charge on any atom is 0.372 e. The van der Waals surface area contributed by atoms with Crippen LogP contribution in [0, 0.1) is 5.92 Å². The molecule has 2 heterocycles. The van der Waals surface area contributed by atoms with Gasteiger partial charge in [-0.2, -0.15) is 0 Å². The molecule has 1 aliphatic rings. The van der Waals surface area contributed by atoms with Crippen LogP contribution in [0.5, 0.6) is 0 Å². The van der Waals surface area contributed by atoms with Gasteiger partial charge in [0.2, 0.25) is 11.7 Å². The SMILES string of the molecule is CC(C)[C@H](N)C(N)=O.Cl.O=C(O)c1nc2sc3c(c2c(=O)[nH]1)CCC3. The van der Waals surface area contributed by atoms with E-state index in [9.17, 15) is 14.4 Å². The number of hydrogen-bond acceptors (Lipinski definition) is 6. The van der Waals surface area contributed by atoms with Crippen molar-refractivity contribution in [3.05, 3.63) is 26.6 Å². The summed E-state index contributed by atoms with van der Waals surface area (Å²) in [6, 6.07) is -0.491. The number of aromatic amines is 1. The van der Waals surface area contributed by atoms with Crippen LogP contribution in [-0.4, -0.2) is 33.0 Å². The minimum Gasteiger partial charge on any atom is -0.475 e. The third-order valence-corrected chi connectivity index (χ3v) is 5.01. The van der Waals surface area contributed by atoms with Gasteiger partial charge in [-0.1, -0.05) is 13.8 Å². The zero-order valence-electron chi connectivity index (χ0n) is 13.9. The lowest BCUT2D eigenvalue weighted by Gasteiger charge is -2.09. The van der Waals surface area contributed by atoms with Crippen molar-refractivity contribution in [1.82, 2.24) is 9.97 Å². The number of H-pyrrole nitrogens is 1. The van der Waals surface area contributed by atoms with E-state index in [2.05, 4.69) is 9.97 Å². The summed E-state index contributed by atoms with van der Waals surface area (Å²) in [4.78, 5) is 40.7. The molecule has 0 saturated carbocycles. The molecule has 0 aromatic carbocycles. The molecule has 0 spiro atoms. The van der Waals surface area contributed by atoms with E-state index < -0.39 is 17.9 Å². The lowest BCUT2D eigenvalue weighted by molar-refractivity contribution is -0.120. The molecule has 1 amide bonds. The molecule has 10 heteroatoms. The predicted octanol–water partition coefficient (Wildman–Crippen LogP) is 1.05. The molecule has 25 heavy (non-hydrogen) atoms. The fourth-order valence-electron chi connectivity index (χ4n) is 2.43. The average Bonchev–Trinajstić information content (AvgIpc) is 3.06. The van der Waals surface area contributed by atoms with Gasteiger partial charge < -0.3 is 21.6 Å². The highest BCUT2D eigenvalue weighted by molar-refractivity contribution is 7.18. The molecule has 0 bridgehead atoms. The van der Waals surface area contributed by atoms with Crippen molar-refractivity contribution < 1.29 is 14.7 Å². The zero-order chi connectivity index (χ0) is 18.0. The van der Waals surface area contributed by atoms with Crippen molar-refractivity contribution in [2.75, 3.05) is 0 Å².